The Morgan fingerprint density at radius 2 is 2.26 bits per heavy atom. The van der Waals surface area contributed by atoms with Gasteiger partial charge in [0.05, 0.1) is 29.5 Å². The normalized spacial score (nSPS) is 16.7. The number of hydrogen-bond donors (Lipinski definition) is 2. The van der Waals surface area contributed by atoms with Gasteiger partial charge in [-0.1, -0.05) is 0 Å². The third-order valence-electron chi connectivity index (χ3n) is 4.22. The van der Waals surface area contributed by atoms with Crippen molar-refractivity contribution in [3.05, 3.63) is 34.2 Å². The molecule has 2 aromatic rings. The van der Waals surface area contributed by atoms with Crippen molar-refractivity contribution in [3.63, 3.8) is 0 Å². The van der Waals surface area contributed by atoms with Crippen LogP contribution in [0.1, 0.15) is 37.1 Å². The van der Waals surface area contributed by atoms with Crippen molar-refractivity contribution in [2.45, 2.75) is 43.7 Å². The first-order valence-electron chi connectivity index (χ1n) is 8.39. The van der Waals surface area contributed by atoms with Crippen LogP contribution in [0.2, 0.25) is 0 Å². The lowest BCUT2D eigenvalue weighted by Gasteiger charge is -2.24. The van der Waals surface area contributed by atoms with Crippen molar-refractivity contribution < 1.29 is 23.1 Å². The topological polar surface area (TPSA) is 123 Å². The van der Waals surface area contributed by atoms with Crippen molar-refractivity contribution >= 4 is 31.9 Å². The number of fused-ring (bicyclic) bond motifs is 1. The number of halogens is 1. The van der Waals surface area contributed by atoms with E-state index in [9.17, 15) is 13.2 Å². The fraction of sp³-hybridized carbons (Fsp3) is 0.438. The second kappa shape index (κ2) is 7.95. The first-order chi connectivity index (χ1) is 12.8. The second-order valence-corrected chi connectivity index (χ2v) is 8.62. The molecule has 9 nitrogen and oxygen atoms in total. The Hall–Kier alpha value is -1.98. The van der Waals surface area contributed by atoms with E-state index in [2.05, 4.69) is 30.7 Å². The molecule has 0 fully saturated rings. The van der Waals surface area contributed by atoms with Gasteiger partial charge in [-0.25, -0.2) is 18.1 Å². The Morgan fingerprint density at radius 3 is 2.93 bits per heavy atom. The molecule has 27 heavy (non-hydrogen) atoms. The van der Waals surface area contributed by atoms with Crippen LogP contribution in [0.3, 0.4) is 0 Å². The molecule has 0 bridgehead atoms. The maximum Gasteiger partial charge on any atom is 0.325 e. The van der Waals surface area contributed by atoms with Gasteiger partial charge < -0.3 is 9.84 Å². The number of carboxylic acids is 1. The highest BCUT2D eigenvalue weighted by Gasteiger charge is 2.29. The van der Waals surface area contributed by atoms with Crippen molar-refractivity contribution in [3.8, 4) is 5.88 Å². The van der Waals surface area contributed by atoms with Gasteiger partial charge in [0, 0.05) is 11.3 Å². The number of rotatable bonds is 7. The van der Waals surface area contributed by atoms with Gasteiger partial charge in [0.15, 0.2) is 0 Å². The lowest BCUT2D eigenvalue weighted by atomic mass is 9.94. The summed E-state index contributed by atoms with van der Waals surface area (Å²) in [5.41, 5.74) is 1.46. The molecule has 0 saturated heterocycles. The molecule has 3 rings (SSSR count). The molecule has 0 radical (unpaired) electrons. The van der Waals surface area contributed by atoms with E-state index >= 15 is 0 Å². The highest BCUT2D eigenvalue weighted by Crippen LogP contribution is 2.32. The standard InChI is InChI=1S/C16H19BrN4O5S/c1-2-26-16-12(17)6-10(7-18-16)27(24,25)20-13-4-3-5-14-11(13)8-19-21(14)9-15(22)23/h6-8,13,20H,2-5,9H2,1H3,(H,22,23). The number of ether oxygens (including phenoxy) is 1. The van der Waals surface area contributed by atoms with Gasteiger partial charge in [0.25, 0.3) is 0 Å². The summed E-state index contributed by atoms with van der Waals surface area (Å²) in [5.74, 6) is -0.666. The van der Waals surface area contributed by atoms with Crippen LogP contribution in [0.15, 0.2) is 27.8 Å². The molecule has 1 atom stereocenters. The van der Waals surface area contributed by atoms with Crippen LogP contribution >= 0.6 is 15.9 Å². The summed E-state index contributed by atoms with van der Waals surface area (Å²) in [7, 11) is -3.82. The Morgan fingerprint density at radius 1 is 1.48 bits per heavy atom. The number of aliphatic carboxylic acids is 1. The van der Waals surface area contributed by atoms with Crippen molar-refractivity contribution in [1.29, 1.82) is 0 Å². The van der Waals surface area contributed by atoms with Crippen LogP contribution in [0.25, 0.3) is 0 Å². The molecule has 1 aliphatic rings. The first kappa shape index (κ1) is 19.8. The quantitative estimate of drug-likeness (QED) is 0.648. The minimum absolute atomic E-state index is 0.0166. The van der Waals surface area contributed by atoms with Gasteiger partial charge in [0.2, 0.25) is 15.9 Å². The molecule has 2 aromatic heterocycles. The number of pyridine rings is 1. The lowest BCUT2D eigenvalue weighted by Crippen LogP contribution is -2.31. The predicted octanol–water partition coefficient (Wildman–Crippen LogP) is 1.88. The van der Waals surface area contributed by atoms with Gasteiger partial charge in [-0.3, -0.25) is 9.48 Å². The van der Waals surface area contributed by atoms with E-state index in [1.54, 1.807) is 0 Å². The van der Waals surface area contributed by atoms with E-state index in [0.717, 1.165) is 12.1 Å². The van der Waals surface area contributed by atoms with Gasteiger partial charge in [-0.2, -0.15) is 5.10 Å². The largest absolute Gasteiger partial charge is 0.480 e. The van der Waals surface area contributed by atoms with Crippen LogP contribution in [0.5, 0.6) is 5.88 Å². The second-order valence-electron chi connectivity index (χ2n) is 6.06. The summed E-state index contributed by atoms with van der Waals surface area (Å²) in [5, 5.41) is 13.1. The minimum Gasteiger partial charge on any atom is -0.480 e. The molecule has 0 saturated carbocycles. The highest BCUT2D eigenvalue weighted by molar-refractivity contribution is 9.10. The van der Waals surface area contributed by atoms with Crippen molar-refractivity contribution in [2.75, 3.05) is 6.61 Å². The molecule has 0 aromatic carbocycles. The Balaban J connectivity index is 1.84. The van der Waals surface area contributed by atoms with E-state index < -0.39 is 22.0 Å². The first-order valence-corrected chi connectivity index (χ1v) is 10.7. The fourth-order valence-corrected chi connectivity index (χ4v) is 4.89. The van der Waals surface area contributed by atoms with Crippen LogP contribution in [-0.2, 0) is 27.8 Å². The highest BCUT2D eigenvalue weighted by atomic mass is 79.9. The minimum atomic E-state index is -3.82. The predicted molar refractivity (Wildman–Crippen MR) is 99.0 cm³/mol. The van der Waals surface area contributed by atoms with Gasteiger partial charge in [-0.05, 0) is 48.2 Å². The molecule has 1 aliphatic carbocycles. The van der Waals surface area contributed by atoms with E-state index in [-0.39, 0.29) is 11.4 Å². The van der Waals surface area contributed by atoms with Gasteiger partial charge >= 0.3 is 5.97 Å². The summed E-state index contributed by atoms with van der Waals surface area (Å²) < 4.78 is 35.4. The van der Waals surface area contributed by atoms with Crippen LogP contribution in [-0.4, -0.2) is 40.9 Å². The molecule has 0 amide bonds. The van der Waals surface area contributed by atoms with E-state index in [1.807, 2.05) is 6.92 Å². The third kappa shape index (κ3) is 4.30. The molecular weight excluding hydrogens is 440 g/mol. The summed E-state index contributed by atoms with van der Waals surface area (Å²) in [4.78, 5) is 15.0. The van der Waals surface area contributed by atoms with E-state index in [1.165, 1.54) is 23.1 Å². The Labute approximate surface area is 164 Å². The molecule has 2 N–H and O–H groups in total. The molecule has 0 aliphatic heterocycles. The summed E-state index contributed by atoms with van der Waals surface area (Å²) in [6, 6.07) is 0.976. The zero-order chi connectivity index (χ0) is 19.6. The van der Waals surface area contributed by atoms with Crippen LogP contribution in [0.4, 0.5) is 0 Å². The average Bonchev–Trinajstić information content (AvgIpc) is 3.00. The maximum atomic E-state index is 12.8. The van der Waals surface area contributed by atoms with E-state index in [4.69, 9.17) is 9.84 Å². The number of nitrogens with one attached hydrogen (secondary N) is 1. The van der Waals surface area contributed by atoms with E-state index in [0.29, 0.717) is 35.4 Å². The number of carbonyl (C=O) groups is 1. The average molecular weight is 459 g/mol. The van der Waals surface area contributed by atoms with Crippen molar-refractivity contribution in [2.24, 2.45) is 0 Å². The Bertz CT molecular complexity index is 960. The number of carboxylic acid groups (broad SMARTS) is 1. The van der Waals surface area contributed by atoms with Crippen molar-refractivity contribution in [1.82, 2.24) is 19.5 Å². The van der Waals surface area contributed by atoms with Gasteiger partial charge in [0.1, 0.15) is 11.4 Å². The molecule has 11 heteroatoms. The number of sulfonamides is 1. The molecule has 0 spiro atoms. The monoisotopic (exact) mass is 458 g/mol. The summed E-state index contributed by atoms with van der Waals surface area (Å²) >= 11 is 3.27. The third-order valence-corrected chi connectivity index (χ3v) is 6.23. The molecular formula is C16H19BrN4O5S. The Kier molecular flexibility index (Phi) is 5.82. The molecule has 2 heterocycles. The summed E-state index contributed by atoms with van der Waals surface area (Å²) in [6.07, 6.45) is 4.79. The number of nitrogens with zero attached hydrogens (tertiary/aromatic N) is 3. The van der Waals surface area contributed by atoms with Crippen LogP contribution < -0.4 is 9.46 Å². The number of hydrogen-bond acceptors (Lipinski definition) is 6. The smallest absolute Gasteiger partial charge is 0.325 e. The maximum absolute atomic E-state index is 12.8. The zero-order valence-corrected chi connectivity index (χ0v) is 17.0. The van der Waals surface area contributed by atoms with Crippen LogP contribution in [0, 0.1) is 0 Å². The SMILES string of the molecule is CCOc1ncc(S(=O)(=O)NC2CCCc3c2cnn3CC(=O)O)cc1Br. The lowest BCUT2D eigenvalue weighted by molar-refractivity contribution is -0.137. The molecule has 1 unspecified atom stereocenters. The zero-order valence-electron chi connectivity index (χ0n) is 14.6. The van der Waals surface area contributed by atoms with Gasteiger partial charge in [-0.15, -0.1) is 0 Å². The molecule has 146 valence electrons. The number of aromatic nitrogens is 3. The summed E-state index contributed by atoms with van der Waals surface area (Å²) in [6.45, 7) is 1.98. The fourth-order valence-electron chi connectivity index (χ4n) is 3.06.